The molecule has 1 nitrogen and oxygen atoms in total. The van der Waals surface area contributed by atoms with Crippen LogP contribution in [0.15, 0.2) is 22.8 Å². The highest BCUT2D eigenvalue weighted by Gasteiger charge is 2.37. The molecule has 2 unspecified atom stereocenters. The van der Waals surface area contributed by atoms with Crippen molar-refractivity contribution in [1.29, 1.82) is 0 Å². The molecule has 66 valence electrons. The summed E-state index contributed by atoms with van der Waals surface area (Å²) in [4.78, 5) is 0. The topological polar surface area (TPSA) is 13.1 Å². The first-order valence-electron chi connectivity index (χ1n) is 4.39. The molecule has 0 aromatic carbocycles. The van der Waals surface area contributed by atoms with Crippen LogP contribution in [0.5, 0.6) is 0 Å². The standard InChI is InChI=1S/C10H13ClO/c1-10(5-4-8(11)7-10)9-3-2-6-12-9/h2-3,6,8H,4-5,7H2,1H3. The van der Waals surface area contributed by atoms with Crippen molar-refractivity contribution in [1.82, 2.24) is 0 Å². The van der Waals surface area contributed by atoms with Gasteiger partial charge in [-0.1, -0.05) is 6.92 Å². The van der Waals surface area contributed by atoms with Crippen LogP contribution in [-0.2, 0) is 5.41 Å². The molecule has 0 bridgehead atoms. The van der Waals surface area contributed by atoms with E-state index in [0.717, 1.165) is 25.0 Å². The lowest BCUT2D eigenvalue weighted by Crippen LogP contribution is -2.16. The number of hydrogen-bond acceptors (Lipinski definition) is 1. The van der Waals surface area contributed by atoms with Crippen molar-refractivity contribution in [2.45, 2.75) is 37.0 Å². The second kappa shape index (κ2) is 2.81. The molecule has 0 aliphatic heterocycles. The Hall–Kier alpha value is -0.430. The Bertz CT molecular complexity index is 255. The molecule has 1 aliphatic carbocycles. The van der Waals surface area contributed by atoms with E-state index in [1.807, 2.05) is 6.07 Å². The van der Waals surface area contributed by atoms with E-state index in [1.54, 1.807) is 6.26 Å². The number of hydrogen-bond donors (Lipinski definition) is 0. The zero-order valence-corrected chi connectivity index (χ0v) is 7.97. The Morgan fingerprint density at radius 3 is 3.00 bits per heavy atom. The molecule has 1 aliphatic rings. The molecule has 2 heteroatoms. The molecular formula is C10H13ClO. The van der Waals surface area contributed by atoms with Crippen molar-refractivity contribution in [3.05, 3.63) is 24.2 Å². The Morgan fingerprint density at radius 1 is 1.67 bits per heavy atom. The molecule has 0 radical (unpaired) electrons. The second-order valence-electron chi connectivity index (χ2n) is 3.88. The van der Waals surface area contributed by atoms with Crippen LogP contribution in [0.1, 0.15) is 31.9 Å². The smallest absolute Gasteiger partial charge is 0.109 e. The first-order valence-corrected chi connectivity index (χ1v) is 4.82. The minimum absolute atomic E-state index is 0.190. The minimum atomic E-state index is 0.190. The van der Waals surface area contributed by atoms with Crippen LogP contribution in [0.3, 0.4) is 0 Å². The van der Waals surface area contributed by atoms with Crippen LogP contribution in [0.4, 0.5) is 0 Å². The van der Waals surface area contributed by atoms with Gasteiger partial charge in [0.2, 0.25) is 0 Å². The van der Waals surface area contributed by atoms with Crippen molar-refractivity contribution in [2.75, 3.05) is 0 Å². The number of halogens is 1. The van der Waals surface area contributed by atoms with E-state index in [9.17, 15) is 0 Å². The van der Waals surface area contributed by atoms with Gasteiger partial charge in [-0.3, -0.25) is 0 Å². The molecule has 0 saturated heterocycles. The van der Waals surface area contributed by atoms with Crippen molar-refractivity contribution in [3.8, 4) is 0 Å². The molecule has 1 fully saturated rings. The molecule has 2 atom stereocenters. The number of furan rings is 1. The van der Waals surface area contributed by atoms with Gasteiger partial charge in [-0.15, -0.1) is 11.6 Å². The average Bonchev–Trinajstić information content (AvgIpc) is 2.59. The van der Waals surface area contributed by atoms with Crippen LogP contribution >= 0.6 is 11.6 Å². The van der Waals surface area contributed by atoms with Gasteiger partial charge in [0, 0.05) is 10.8 Å². The Morgan fingerprint density at radius 2 is 2.50 bits per heavy atom. The molecule has 1 aromatic rings. The normalized spacial score (nSPS) is 35.7. The fourth-order valence-corrected chi connectivity index (χ4v) is 2.46. The molecule has 0 N–H and O–H groups in total. The summed E-state index contributed by atoms with van der Waals surface area (Å²) in [7, 11) is 0. The monoisotopic (exact) mass is 184 g/mol. The molecule has 12 heavy (non-hydrogen) atoms. The Kier molecular flexibility index (Phi) is 1.91. The van der Waals surface area contributed by atoms with E-state index in [0.29, 0.717) is 5.38 Å². The minimum Gasteiger partial charge on any atom is -0.469 e. The van der Waals surface area contributed by atoms with E-state index >= 15 is 0 Å². The predicted molar refractivity (Wildman–Crippen MR) is 49.6 cm³/mol. The fourth-order valence-electron chi connectivity index (χ4n) is 2.01. The maximum Gasteiger partial charge on any atom is 0.109 e. The van der Waals surface area contributed by atoms with Gasteiger partial charge in [0.25, 0.3) is 0 Å². The van der Waals surface area contributed by atoms with Crippen molar-refractivity contribution >= 4 is 11.6 Å². The van der Waals surface area contributed by atoms with E-state index < -0.39 is 0 Å². The summed E-state index contributed by atoms with van der Waals surface area (Å²) in [5.41, 5.74) is 0.190. The highest BCUT2D eigenvalue weighted by molar-refractivity contribution is 6.20. The van der Waals surface area contributed by atoms with Crippen LogP contribution in [-0.4, -0.2) is 5.38 Å². The van der Waals surface area contributed by atoms with Gasteiger partial charge in [0.1, 0.15) is 5.76 Å². The van der Waals surface area contributed by atoms with E-state index in [1.165, 1.54) is 0 Å². The lowest BCUT2D eigenvalue weighted by molar-refractivity contribution is 0.367. The maximum atomic E-state index is 6.07. The Balaban J connectivity index is 2.23. The average molecular weight is 185 g/mol. The van der Waals surface area contributed by atoms with E-state index in [2.05, 4.69) is 13.0 Å². The van der Waals surface area contributed by atoms with Crippen LogP contribution < -0.4 is 0 Å². The lowest BCUT2D eigenvalue weighted by atomic mass is 9.86. The molecule has 2 rings (SSSR count). The summed E-state index contributed by atoms with van der Waals surface area (Å²) in [6, 6.07) is 4.00. The molecule has 0 spiro atoms. The van der Waals surface area contributed by atoms with Gasteiger partial charge >= 0.3 is 0 Å². The van der Waals surface area contributed by atoms with Gasteiger partial charge < -0.3 is 4.42 Å². The van der Waals surface area contributed by atoms with Crippen molar-refractivity contribution in [3.63, 3.8) is 0 Å². The first-order chi connectivity index (χ1) is 5.71. The van der Waals surface area contributed by atoms with E-state index in [4.69, 9.17) is 16.0 Å². The van der Waals surface area contributed by atoms with Crippen LogP contribution in [0.25, 0.3) is 0 Å². The largest absolute Gasteiger partial charge is 0.469 e. The summed E-state index contributed by atoms with van der Waals surface area (Å²) in [5, 5.41) is 0.333. The van der Waals surface area contributed by atoms with E-state index in [-0.39, 0.29) is 5.41 Å². The summed E-state index contributed by atoms with van der Waals surface area (Å²) in [6.07, 6.45) is 5.04. The summed E-state index contributed by atoms with van der Waals surface area (Å²) < 4.78 is 5.41. The molecular weight excluding hydrogens is 172 g/mol. The predicted octanol–water partition coefficient (Wildman–Crippen LogP) is 3.33. The van der Waals surface area contributed by atoms with Gasteiger partial charge in [-0.2, -0.15) is 0 Å². The van der Waals surface area contributed by atoms with Crippen LogP contribution in [0, 0.1) is 0 Å². The molecule has 1 heterocycles. The highest BCUT2D eigenvalue weighted by Crippen LogP contribution is 2.42. The fraction of sp³-hybridized carbons (Fsp3) is 0.600. The molecule has 1 saturated carbocycles. The second-order valence-corrected chi connectivity index (χ2v) is 4.50. The molecule has 0 amide bonds. The lowest BCUT2D eigenvalue weighted by Gasteiger charge is -2.20. The quantitative estimate of drug-likeness (QED) is 0.611. The summed E-state index contributed by atoms with van der Waals surface area (Å²) >= 11 is 6.07. The SMILES string of the molecule is CC1(c2ccco2)CCC(Cl)C1. The summed E-state index contributed by atoms with van der Waals surface area (Å²) in [5.74, 6) is 1.09. The first kappa shape index (κ1) is 8.18. The molecule has 1 aromatic heterocycles. The van der Waals surface area contributed by atoms with Crippen molar-refractivity contribution < 1.29 is 4.42 Å². The third-order valence-electron chi connectivity index (χ3n) is 2.80. The number of rotatable bonds is 1. The van der Waals surface area contributed by atoms with Gasteiger partial charge in [-0.25, -0.2) is 0 Å². The maximum absolute atomic E-state index is 6.07. The van der Waals surface area contributed by atoms with Gasteiger partial charge in [0.15, 0.2) is 0 Å². The van der Waals surface area contributed by atoms with Crippen LogP contribution in [0.2, 0.25) is 0 Å². The van der Waals surface area contributed by atoms with Gasteiger partial charge in [-0.05, 0) is 31.4 Å². The zero-order chi connectivity index (χ0) is 8.60. The highest BCUT2D eigenvalue weighted by atomic mass is 35.5. The Labute approximate surface area is 77.7 Å². The zero-order valence-electron chi connectivity index (χ0n) is 7.22. The summed E-state index contributed by atoms with van der Waals surface area (Å²) in [6.45, 7) is 2.23. The van der Waals surface area contributed by atoms with Gasteiger partial charge in [0.05, 0.1) is 6.26 Å². The number of alkyl halides is 1. The van der Waals surface area contributed by atoms with Crippen molar-refractivity contribution in [2.24, 2.45) is 0 Å². The third-order valence-corrected chi connectivity index (χ3v) is 3.17. The third kappa shape index (κ3) is 1.27.